The second kappa shape index (κ2) is 6.58. The molecular weight excluding hydrogens is 324 g/mol. The van der Waals surface area contributed by atoms with Crippen molar-refractivity contribution in [3.8, 4) is 0 Å². The molecule has 1 fully saturated rings. The van der Waals surface area contributed by atoms with E-state index in [1.54, 1.807) is 6.07 Å². The van der Waals surface area contributed by atoms with Gasteiger partial charge in [0.25, 0.3) is 5.91 Å². The van der Waals surface area contributed by atoms with Crippen LogP contribution in [0.15, 0.2) is 28.9 Å². The van der Waals surface area contributed by atoms with E-state index in [-0.39, 0.29) is 18.9 Å². The van der Waals surface area contributed by atoms with E-state index in [1.165, 1.54) is 18.2 Å². The lowest BCUT2D eigenvalue weighted by molar-refractivity contribution is -0.145. The monoisotopic (exact) mass is 344 g/mol. The number of aryl methyl sites for hydroxylation is 1. The summed E-state index contributed by atoms with van der Waals surface area (Å²) in [4.78, 5) is 37.8. The van der Waals surface area contributed by atoms with Gasteiger partial charge in [-0.3, -0.25) is 9.59 Å². The molecule has 2 aromatic rings. The van der Waals surface area contributed by atoms with Crippen LogP contribution in [0.5, 0.6) is 0 Å². The molecule has 132 valence electrons. The second-order valence-corrected chi connectivity index (χ2v) is 6.30. The van der Waals surface area contributed by atoms with Crippen LogP contribution in [-0.2, 0) is 9.59 Å². The number of para-hydroxylation sites is 1. The molecule has 1 aliphatic heterocycles. The molecule has 7 heteroatoms. The number of amides is 2. The number of aliphatic carboxylic acids is 1. The first-order chi connectivity index (χ1) is 11.9. The number of carboxylic acids is 1. The highest BCUT2D eigenvalue weighted by Crippen LogP contribution is 2.29. The van der Waals surface area contributed by atoms with Crippen molar-refractivity contribution >= 4 is 28.8 Å². The Bertz CT molecular complexity index is 841. The minimum Gasteiger partial charge on any atom is -0.480 e. The molecule has 0 aliphatic carbocycles. The van der Waals surface area contributed by atoms with Crippen LogP contribution in [0.1, 0.15) is 28.8 Å². The van der Waals surface area contributed by atoms with Gasteiger partial charge in [0.15, 0.2) is 0 Å². The summed E-state index contributed by atoms with van der Waals surface area (Å²) < 4.78 is 5.51. The van der Waals surface area contributed by atoms with E-state index in [2.05, 4.69) is 5.32 Å². The van der Waals surface area contributed by atoms with E-state index < -0.39 is 23.8 Å². The summed E-state index contributed by atoms with van der Waals surface area (Å²) in [7, 11) is 1.53. The van der Waals surface area contributed by atoms with Crippen molar-refractivity contribution in [1.82, 2.24) is 10.2 Å². The molecule has 7 nitrogen and oxygen atoms in total. The smallest absolute Gasteiger partial charge is 0.326 e. The van der Waals surface area contributed by atoms with E-state index in [9.17, 15) is 19.5 Å². The van der Waals surface area contributed by atoms with Gasteiger partial charge >= 0.3 is 5.97 Å². The SMILES string of the molecule is CNC(=O)[C@H]1CC[C@@H](C(=O)O)N(C(=O)c2coc3c(C)cccc23)C1. The molecule has 2 amide bonds. The second-order valence-electron chi connectivity index (χ2n) is 6.30. The van der Waals surface area contributed by atoms with E-state index in [1.807, 2.05) is 19.1 Å². The number of likely N-dealkylation sites (tertiary alicyclic amines) is 1. The average molecular weight is 344 g/mol. The van der Waals surface area contributed by atoms with Crippen molar-refractivity contribution in [2.75, 3.05) is 13.6 Å². The summed E-state index contributed by atoms with van der Waals surface area (Å²) in [5.74, 6) is -2.09. The van der Waals surface area contributed by atoms with Crippen molar-refractivity contribution in [2.45, 2.75) is 25.8 Å². The first-order valence-corrected chi connectivity index (χ1v) is 8.16. The van der Waals surface area contributed by atoms with Crippen LogP contribution in [0.3, 0.4) is 0 Å². The van der Waals surface area contributed by atoms with E-state index in [0.29, 0.717) is 23.0 Å². The fourth-order valence-electron chi connectivity index (χ4n) is 3.39. The van der Waals surface area contributed by atoms with Crippen LogP contribution in [0.25, 0.3) is 11.0 Å². The van der Waals surface area contributed by atoms with Gasteiger partial charge < -0.3 is 19.7 Å². The Morgan fingerprint density at radius 1 is 1.28 bits per heavy atom. The number of fused-ring (bicyclic) bond motifs is 1. The molecular formula is C18H20N2O5. The number of benzene rings is 1. The Balaban J connectivity index is 1.97. The molecule has 3 rings (SSSR count). The molecule has 0 unspecified atom stereocenters. The van der Waals surface area contributed by atoms with Gasteiger partial charge in [-0.15, -0.1) is 0 Å². The Labute approximate surface area is 144 Å². The summed E-state index contributed by atoms with van der Waals surface area (Å²) in [5.41, 5.74) is 1.83. The number of piperidine rings is 1. The van der Waals surface area contributed by atoms with Crippen molar-refractivity contribution in [2.24, 2.45) is 5.92 Å². The number of nitrogens with zero attached hydrogens (tertiary/aromatic N) is 1. The van der Waals surface area contributed by atoms with Crippen LogP contribution in [0.2, 0.25) is 0 Å². The quantitative estimate of drug-likeness (QED) is 0.884. The first kappa shape index (κ1) is 17.0. The van der Waals surface area contributed by atoms with Gasteiger partial charge in [-0.25, -0.2) is 4.79 Å². The van der Waals surface area contributed by atoms with Gasteiger partial charge in [0.1, 0.15) is 17.9 Å². The van der Waals surface area contributed by atoms with Crippen LogP contribution >= 0.6 is 0 Å². The van der Waals surface area contributed by atoms with Gasteiger partial charge in [-0.1, -0.05) is 18.2 Å². The maximum Gasteiger partial charge on any atom is 0.326 e. The fourth-order valence-corrected chi connectivity index (χ4v) is 3.39. The number of carbonyl (C=O) groups is 3. The standard InChI is InChI=1S/C18H20N2O5/c1-10-4-3-5-12-13(9-25-15(10)12)17(22)20-8-11(16(21)19-2)6-7-14(20)18(23)24/h3-5,9,11,14H,6-8H2,1-2H3,(H,19,21)(H,23,24)/t11-,14-/m0/s1. The maximum absolute atomic E-state index is 13.0. The summed E-state index contributed by atoms with van der Waals surface area (Å²) in [5, 5.41) is 12.7. The van der Waals surface area contributed by atoms with Crippen LogP contribution in [0.4, 0.5) is 0 Å². The molecule has 0 bridgehead atoms. The number of hydrogen-bond acceptors (Lipinski definition) is 4. The zero-order valence-corrected chi connectivity index (χ0v) is 14.1. The molecule has 1 aliphatic rings. The summed E-state index contributed by atoms with van der Waals surface area (Å²) in [6, 6.07) is 4.53. The zero-order chi connectivity index (χ0) is 18.1. The molecule has 1 aromatic carbocycles. The highest BCUT2D eigenvalue weighted by atomic mass is 16.4. The molecule has 2 atom stereocenters. The number of nitrogens with one attached hydrogen (secondary N) is 1. The third-order valence-corrected chi connectivity index (χ3v) is 4.77. The minimum atomic E-state index is -1.06. The largest absolute Gasteiger partial charge is 0.480 e. The fraction of sp³-hybridized carbons (Fsp3) is 0.389. The first-order valence-electron chi connectivity index (χ1n) is 8.16. The molecule has 1 saturated heterocycles. The predicted octanol–water partition coefficient (Wildman–Crippen LogP) is 1.79. The lowest BCUT2D eigenvalue weighted by Crippen LogP contribution is -2.53. The maximum atomic E-state index is 13.0. The highest BCUT2D eigenvalue weighted by molar-refractivity contribution is 6.07. The lowest BCUT2D eigenvalue weighted by atomic mass is 9.91. The Morgan fingerprint density at radius 3 is 2.72 bits per heavy atom. The third-order valence-electron chi connectivity index (χ3n) is 4.77. The summed E-state index contributed by atoms with van der Waals surface area (Å²) in [6.45, 7) is 1.95. The molecule has 25 heavy (non-hydrogen) atoms. The molecule has 0 radical (unpaired) electrons. The van der Waals surface area contributed by atoms with Crippen molar-refractivity contribution in [1.29, 1.82) is 0 Å². The van der Waals surface area contributed by atoms with E-state index in [4.69, 9.17) is 4.42 Å². The third kappa shape index (κ3) is 2.97. The topological polar surface area (TPSA) is 99.9 Å². The highest BCUT2D eigenvalue weighted by Gasteiger charge is 2.39. The van der Waals surface area contributed by atoms with Gasteiger partial charge in [0, 0.05) is 19.0 Å². The van der Waals surface area contributed by atoms with Gasteiger partial charge in [-0.05, 0) is 25.3 Å². The molecule has 0 saturated carbocycles. The van der Waals surface area contributed by atoms with Gasteiger partial charge in [0.05, 0.1) is 11.5 Å². The number of rotatable bonds is 3. The summed E-state index contributed by atoms with van der Waals surface area (Å²) in [6.07, 6.45) is 2.04. The van der Waals surface area contributed by atoms with Crippen LogP contribution in [0, 0.1) is 12.8 Å². The Hall–Kier alpha value is -2.83. The molecule has 2 heterocycles. The van der Waals surface area contributed by atoms with Gasteiger partial charge in [-0.2, -0.15) is 0 Å². The zero-order valence-electron chi connectivity index (χ0n) is 14.1. The van der Waals surface area contributed by atoms with E-state index >= 15 is 0 Å². The average Bonchev–Trinajstić information content (AvgIpc) is 3.05. The van der Waals surface area contributed by atoms with Crippen molar-refractivity contribution < 1.29 is 23.9 Å². The Kier molecular flexibility index (Phi) is 4.48. The van der Waals surface area contributed by atoms with Crippen molar-refractivity contribution in [3.05, 3.63) is 35.6 Å². The normalized spacial score (nSPS) is 20.5. The van der Waals surface area contributed by atoms with Crippen molar-refractivity contribution in [3.63, 3.8) is 0 Å². The number of hydrogen-bond donors (Lipinski definition) is 2. The van der Waals surface area contributed by atoms with Gasteiger partial charge in [0.2, 0.25) is 5.91 Å². The predicted molar refractivity (Wildman–Crippen MR) is 90.2 cm³/mol. The molecule has 2 N–H and O–H groups in total. The van der Waals surface area contributed by atoms with Crippen LogP contribution < -0.4 is 5.32 Å². The number of carboxylic acid groups (broad SMARTS) is 1. The number of furan rings is 1. The molecule has 1 aromatic heterocycles. The molecule has 0 spiro atoms. The lowest BCUT2D eigenvalue weighted by Gasteiger charge is -2.36. The number of carbonyl (C=O) groups excluding carboxylic acids is 2. The van der Waals surface area contributed by atoms with Crippen LogP contribution in [-0.4, -0.2) is 47.4 Å². The van der Waals surface area contributed by atoms with E-state index in [0.717, 1.165) is 5.56 Å². The Morgan fingerprint density at radius 2 is 2.04 bits per heavy atom. The summed E-state index contributed by atoms with van der Waals surface area (Å²) >= 11 is 0. The minimum absolute atomic E-state index is 0.0773.